The Morgan fingerprint density at radius 2 is 1.52 bits per heavy atom. The molecule has 3 aromatic rings. The van der Waals surface area contributed by atoms with Crippen LogP contribution in [0.4, 0.5) is 11.4 Å². The van der Waals surface area contributed by atoms with E-state index in [1.165, 1.54) is 0 Å². The van der Waals surface area contributed by atoms with Crippen molar-refractivity contribution in [1.29, 1.82) is 0 Å². The molecule has 0 amide bonds. The van der Waals surface area contributed by atoms with E-state index in [0.717, 1.165) is 11.1 Å². The lowest BCUT2D eigenvalue weighted by molar-refractivity contribution is 0.103. The highest BCUT2D eigenvalue weighted by atomic mass is 16.1. The zero-order valence-electron chi connectivity index (χ0n) is 12.7. The molecular weight excluding hydrogens is 284 g/mol. The molecule has 3 heteroatoms. The molecule has 3 aromatic carbocycles. The number of carbonyl (C=O) groups is 1. The Morgan fingerprint density at radius 3 is 2.26 bits per heavy atom. The highest BCUT2D eigenvalue weighted by Gasteiger charge is 2.14. The van der Waals surface area contributed by atoms with Crippen LogP contribution in [0.15, 0.2) is 72.8 Å². The van der Waals surface area contributed by atoms with Crippen LogP contribution in [0, 0.1) is 0 Å². The summed E-state index contributed by atoms with van der Waals surface area (Å²) in [6.45, 7) is 0. The van der Waals surface area contributed by atoms with E-state index in [0.29, 0.717) is 28.9 Å². The minimum absolute atomic E-state index is 0.00417. The summed E-state index contributed by atoms with van der Waals surface area (Å²) in [5.41, 5.74) is 16.4. The molecule has 0 aromatic heterocycles. The van der Waals surface area contributed by atoms with Crippen molar-refractivity contribution in [2.24, 2.45) is 0 Å². The first-order valence-electron chi connectivity index (χ1n) is 7.46. The van der Waals surface area contributed by atoms with Gasteiger partial charge in [-0.25, -0.2) is 0 Å². The summed E-state index contributed by atoms with van der Waals surface area (Å²) in [6.07, 6.45) is 0.615. The maximum Gasteiger partial charge on any atom is 0.193 e. The van der Waals surface area contributed by atoms with E-state index in [9.17, 15) is 4.79 Å². The SMILES string of the molecule is Nc1cccc(Cc2cc(N)ccc2C(=O)c2ccccc2)c1. The molecule has 0 saturated heterocycles. The van der Waals surface area contributed by atoms with E-state index in [-0.39, 0.29) is 5.78 Å². The highest BCUT2D eigenvalue weighted by molar-refractivity contribution is 6.10. The number of hydrogen-bond acceptors (Lipinski definition) is 3. The van der Waals surface area contributed by atoms with Crippen molar-refractivity contribution in [2.75, 3.05) is 11.5 Å². The number of carbonyl (C=O) groups excluding carboxylic acids is 1. The van der Waals surface area contributed by atoms with Gasteiger partial charge in [-0.3, -0.25) is 4.79 Å². The summed E-state index contributed by atoms with van der Waals surface area (Å²) in [5, 5.41) is 0. The molecule has 3 nitrogen and oxygen atoms in total. The normalized spacial score (nSPS) is 10.4. The molecule has 0 aliphatic heterocycles. The first-order chi connectivity index (χ1) is 11.1. The van der Waals surface area contributed by atoms with Crippen LogP contribution in [-0.4, -0.2) is 5.78 Å². The third-order valence-electron chi connectivity index (χ3n) is 3.76. The maximum atomic E-state index is 12.8. The predicted molar refractivity (Wildman–Crippen MR) is 94.4 cm³/mol. The number of rotatable bonds is 4. The fraction of sp³-hybridized carbons (Fsp3) is 0.0500. The van der Waals surface area contributed by atoms with Gasteiger partial charge >= 0.3 is 0 Å². The van der Waals surface area contributed by atoms with E-state index in [2.05, 4.69) is 0 Å². The topological polar surface area (TPSA) is 69.1 Å². The lowest BCUT2D eigenvalue weighted by Crippen LogP contribution is -2.07. The first kappa shape index (κ1) is 14.9. The Hall–Kier alpha value is -3.07. The molecule has 0 fully saturated rings. The minimum atomic E-state index is 0.00417. The average Bonchev–Trinajstić information content (AvgIpc) is 2.55. The zero-order chi connectivity index (χ0) is 16.2. The van der Waals surface area contributed by atoms with Crippen LogP contribution in [0.1, 0.15) is 27.0 Å². The predicted octanol–water partition coefficient (Wildman–Crippen LogP) is 3.67. The molecule has 0 heterocycles. The molecule has 0 unspecified atom stereocenters. The second kappa shape index (κ2) is 6.36. The number of hydrogen-bond donors (Lipinski definition) is 2. The fourth-order valence-corrected chi connectivity index (χ4v) is 2.65. The van der Waals surface area contributed by atoms with Gasteiger partial charge in [-0.2, -0.15) is 0 Å². The van der Waals surface area contributed by atoms with Gasteiger partial charge in [0, 0.05) is 22.5 Å². The second-order valence-electron chi connectivity index (χ2n) is 5.53. The lowest BCUT2D eigenvalue weighted by atomic mass is 9.93. The summed E-state index contributed by atoms with van der Waals surface area (Å²) in [6, 6.07) is 22.4. The van der Waals surface area contributed by atoms with Gasteiger partial charge in [0.25, 0.3) is 0 Å². The van der Waals surface area contributed by atoms with Crippen molar-refractivity contribution in [3.8, 4) is 0 Å². The van der Waals surface area contributed by atoms with E-state index >= 15 is 0 Å². The van der Waals surface area contributed by atoms with Crippen molar-refractivity contribution in [2.45, 2.75) is 6.42 Å². The van der Waals surface area contributed by atoms with Crippen LogP contribution in [0.25, 0.3) is 0 Å². The molecular formula is C20H18N2O. The molecule has 3 rings (SSSR count). The summed E-state index contributed by atoms with van der Waals surface area (Å²) in [7, 11) is 0. The van der Waals surface area contributed by atoms with Crippen molar-refractivity contribution in [3.63, 3.8) is 0 Å². The summed E-state index contributed by atoms with van der Waals surface area (Å²) in [4.78, 5) is 12.8. The first-order valence-corrected chi connectivity index (χ1v) is 7.46. The second-order valence-corrected chi connectivity index (χ2v) is 5.53. The molecule has 0 bridgehead atoms. The zero-order valence-corrected chi connectivity index (χ0v) is 12.7. The van der Waals surface area contributed by atoms with Gasteiger partial charge in [-0.1, -0.05) is 42.5 Å². The Kier molecular flexibility index (Phi) is 4.11. The van der Waals surface area contributed by atoms with Gasteiger partial charge in [-0.15, -0.1) is 0 Å². The number of ketones is 1. The number of anilines is 2. The van der Waals surface area contributed by atoms with Gasteiger partial charge in [0.2, 0.25) is 0 Å². The van der Waals surface area contributed by atoms with Crippen LogP contribution in [0.2, 0.25) is 0 Å². The summed E-state index contributed by atoms with van der Waals surface area (Å²) >= 11 is 0. The van der Waals surface area contributed by atoms with Gasteiger partial charge in [-0.05, 0) is 47.9 Å². The van der Waals surface area contributed by atoms with E-state index in [1.807, 2.05) is 60.7 Å². The maximum absolute atomic E-state index is 12.8. The Morgan fingerprint density at radius 1 is 0.783 bits per heavy atom. The van der Waals surface area contributed by atoms with Crippen molar-refractivity contribution >= 4 is 17.2 Å². The fourth-order valence-electron chi connectivity index (χ4n) is 2.65. The van der Waals surface area contributed by atoms with E-state index in [4.69, 9.17) is 11.5 Å². The smallest absolute Gasteiger partial charge is 0.193 e. The lowest BCUT2D eigenvalue weighted by Gasteiger charge is -2.11. The van der Waals surface area contributed by atoms with Crippen molar-refractivity contribution in [3.05, 3.63) is 95.1 Å². The molecule has 0 saturated carbocycles. The van der Waals surface area contributed by atoms with Crippen LogP contribution in [0.3, 0.4) is 0 Å². The van der Waals surface area contributed by atoms with E-state index in [1.54, 1.807) is 12.1 Å². The minimum Gasteiger partial charge on any atom is -0.399 e. The Labute approximate surface area is 135 Å². The third kappa shape index (κ3) is 3.40. The van der Waals surface area contributed by atoms with E-state index < -0.39 is 0 Å². The number of nitrogens with two attached hydrogens (primary N) is 2. The highest BCUT2D eigenvalue weighted by Crippen LogP contribution is 2.21. The third-order valence-corrected chi connectivity index (χ3v) is 3.76. The average molecular weight is 302 g/mol. The molecule has 0 spiro atoms. The van der Waals surface area contributed by atoms with Gasteiger partial charge in [0.15, 0.2) is 5.78 Å². The van der Waals surface area contributed by atoms with Gasteiger partial charge < -0.3 is 11.5 Å². The van der Waals surface area contributed by atoms with Gasteiger partial charge in [0.05, 0.1) is 0 Å². The molecule has 0 radical (unpaired) electrons. The molecule has 0 atom stereocenters. The molecule has 114 valence electrons. The van der Waals surface area contributed by atoms with Gasteiger partial charge in [0.1, 0.15) is 0 Å². The van der Waals surface area contributed by atoms with Crippen LogP contribution >= 0.6 is 0 Å². The van der Waals surface area contributed by atoms with Crippen LogP contribution in [0.5, 0.6) is 0 Å². The summed E-state index contributed by atoms with van der Waals surface area (Å²) < 4.78 is 0. The molecule has 4 N–H and O–H groups in total. The van der Waals surface area contributed by atoms with Crippen LogP contribution < -0.4 is 11.5 Å². The largest absolute Gasteiger partial charge is 0.399 e. The Balaban J connectivity index is 2.00. The van der Waals surface area contributed by atoms with Crippen molar-refractivity contribution in [1.82, 2.24) is 0 Å². The van der Waals surface area contributed by atoms with Crippen LogP contribution in [-0.2, 0) is 6.42 Å². The molecule has 0 aliphatic carbocycles. The molecule has 0 aliphatic rings. The Bertz CT molecular complexity index is 841. The summed E-state index contributed by atoms with van der Waals surface area (Å²) in [5.74, 6) is 0.00417. The monoisotopic (exact) mass is 302 g/mol. The number of benzene rings is 3. The molecule has 23 heavy (non-hydrogen) atoms. The standard InChI is InChI=1S/C20H18N2O/c21-17-8-4-5-14(12-17)11-16-13-18(22)9-10-19(16)20(23)15-6-2-1-3-7-15/h1-10,12-13H,11,21-22H2. The quantitative estimate of drug-likeness (QED) is 0.570. The number of nitrogen functional groups attached to an aromatic ring is 2. The van der Waals surface area contributed by atoms with Crippen molar-refractivity contribution < 1.29 is 4.79 Å².